The summed E-state index contributed by atoms with van der Waals surface area (Å²) in [6.07, 6.45) is -72.7. The maximum atomic E-state index is 13.2. The molecule has 2 amide bonds. The van der Waals surface area contributed by atoms with Crippen molar-refractivity contribution in [2.45, 2.75) is 261 Å². The highest BCUT2D eigenvalue weighted by atomic mass is 16.8. The number of rotatable bonds is 26. The molecule has 0 aromatic rings. The number of hydrogen-bond donors (Lipinski definition) is 24. The number of aliphatic hydroxyl groups excluding tert-OH is 22. The van der Waals surface area contributed by atoms with Gasteiger partial charge < -0.3 is 194 Å². The van der Waals surface area contributed by atoms with E-state index in [1.807, 2.05) is 0 Å². The molecule has 0 aromatic carbocycles. The highest BCUT2D eigenvalue weighted by Crippen LogP contribution is 2.39. The molecule has 7 fully saturated rings. The summed E-state index contributed by atoms with van der Waals surface area (Å²) in [4.78, 5) is 38.1. The second-order valence-electron chi connectivity index (χ2n) is 23.5. The first-order valence-corrected chi connectivity index (χ1v) is 29.6. The van der Waals surface area contributed by atoms with Gasteiger partial charge in [0.1, 0.15) is 171 Å². The minimum Gasteiger partial charge on any atom is -0.394 e. The van der Waals surface area contributed by atoms with E-state index in [1.165, 1.54) is 13.8 Å². The number of aldehydes is 1. The number of aliphatic hydroxyl groups is 22. The fourth-order valence-corrected chi connectivity index (χ4v) is 11.6. The van der Waals surface area contributed by atoms with Crippen LogP contribution in [0.25, 0.3) is 0 Å². The van der Waals surface area contributed by atoms with E-state index in [1.54, 1.807) is 0 Å². The van der Waals surface area contributed by atoms with E-state index in [2.05, 4.69) is 10.6 Å². The molecule has 93 heavy (non-hydrogen) atoms. The Labute approximate surface area is 527 Å². The number of carbonyl (C=O) groups excluding carboxylic acids is 3. The Morgan fingerprint density at radius 1 is 0.430 bits per heavy atom. The van der Waals surface area contributed by atoms with Crippen molar-refractivity contribution in [1.82, 2.24) is 10.6 Å². The van der Waals surface area contributed by atoms with E-state index >= 15 is 0 Å². The first kappa shape index (κ1) is 77.5. The van der Waals surface area contributed by atoms with Crippen LogP contribution in [0, 0.1) is 5.92 Å². The first-order valence-electron chi connectivity index (χ1n) is 29.6. The predicted molar refractivity (Wildman–Crippen MR) is 286 cm³/mol. The van der Waals surface area contributed by atoms with Gasteiger partial charge in [0, 0.05) is 19.8 Å². The molecule has 7 aliphatic rings. The van der Waals surface area contributed by atoms with Crippen molar-refractivity contribution in [3.63, 3.8) is 0 Å². The molecule has 0 aliphatic carbocycles. The second kappa shape index (κ2) is 33.8. The minimum absolute atomic E-state index is 0.154. The van der Waals surface area contributed by atoms with Crippen LogP contribution in [0.5, 0.6) is 0 Å². The fourth-order valence-electron chi connectivity index (χ4n) is 11.6. The van der Waals surface area contributed by atoms with Gasteiger partial charge in [-0.3, -0.25) is 9.59 Å². The lowest BCUT2D eigenvalue weighted by molar-refractivity contribution is -0.391. The average molecular weight is 1370 g/mol. The lowest BCUT2D eigenvalue weighted by atomic mass is 9.90. The van der Waals surface area contributed by atoms with Crippen LogP contribution in [0.15, 0.2) is 0 Å². The highest BCUT2D eigenvalue weighted by molar-refractivity contribution is 5.73. The smallest absolute Gasteiger partial charge is 0.217 e. The zero-order valence-electron chi connectivity index (χ0n) is 50.1. The monoisotopic (exact) mass is 1360 g/mol. The van der Waals surface area contributed by atoms with Crippen LogP contribution >= 0.6 is 0 Å². The fraction of sp³-hybridized carbons (Fsp3) is 0.942. The van der Waals surface area contributed by atoms with Crippen molar-refractivity contribution in [3.05, 3.63) is 0 Å². The van der Waals surface area contributed by atoms with Crippen LogP contribution < -0.4 is 10.6 Å². The van der Waals surface area contributed by atoms with Gasteiger partial charge in [-0.2, -0.15) is 0 Å². The van der Waals surface area contributed by atoms with E-state index in [4.69, 9.17) is 66.3 Å². The lowest BCUT2D eigenvalue weighted by Gasteiger charge is -2.51. The quantitative estimate of drug-likeness (QED) is 0.0358. The molecular weight excluding hydrogens is 1280 g/mol. The summed E-state index contributed by atoms with van der Waals surface area (Å²) >= 11 is 0. The predicted octanol–water partition coefficient (Wildman–Crippen LogP) is -16.1. The van der Waals surface area contributed by atoms with Crippen LogP contribution in [0.1, 0.15) is 27.7 Å². The Kier molecular flexibility index (Phi) is 28.2. The molecule has 24 N–H and O–H groups in total. The van der Waals surface area contributed by atoms with Crippen molar-refractivity contribution >= 4 is 18.1 Å². The Morgan fingerprint density at radius 3 is 1.42 bits per heavy atom. The van der Waals surface area contributed by atoms with Crippen LogP contribution in [0.3, 0.4) is 0 Å². The van der Waals surface area contributed by atoms with Gasteiger partial charge in [-0.25, -0.2) is 0 Å². The molecule has 7 rings (SSSR count). The van der Waals surface area contributed by atoms with Crippen LogP contribution in [0.4, 0.5) is 0 Å². The minimum atomic E-state index is -2.36. The van der Waals surface area contributed by atoms with Gasteiger partial charge in [0.2, 0.25) is 11.8 Å². The largest absolute Gasteiger partial charge is 0.394 e. The maximum absolute atomic E-state index is 13.2. The molecular formula is C52H88N2O39. The maximum Gasteiger partial charge on any atom is 0.217 e. The van der Waals surface area contributed by atoms with Crippen LogP contribution in [0.2, 0.25) is 0 Å². The van der Waals surface area contributed by atoms with Gasteiger partial charge in [0.15, 0.2) is 56.6 Å². The van der Waals surface area contributed by atoms with Crippen molar-refractivity contribution < 1.29 is 193 Å². The molecule has 7 saturated heterocycles. The first-order chi connectivity index (χ1) is 43.9. The normalized spacial score (nSPS) is 48.0. The standard InChI is InChI=1S/C52H88N2O39/c1-12-39(87-48-23(53-14(3)61)42(29(69)20(9-59)82-48)90-52-44(34(74)28(68)19(8-58)84-52)92-49-36(76)31(71)25(65)13(2)81-49)30(70)22(86-46(12)88-40(17(64)6-56)26(66)16(63)5-55)11-80-47-24(54-15(4)62)43(91-51-38(78)33(73)35(75)45(79)93-51)41(21(10-60)85-47)89-50-37(77)32(72)27(67)18(7-57)83-50/h5,12-13,16-52,56-60,63-79H,6-11H2,1-4H3,(H,53,61)(H,54,62)/t12-,13+,16+,17-,18-,19-,20-,21-,22-,23-,24-,25-,26-,27+,28+,29-,30+,31-,32+,33-,34+,35+,36+,37-,38+,39-,40?,41-,42?,43-,44-,45-,46+,47-,48+,49-,50-,51-,52+/m1/s1. The molecule has 0 saturated carbocycles. The van der Waals surface area contributed by atoms with Crippen LogP contribution in [-0.2, 0) is 80.7 Å². The number of ether oxygens (including phenoxy) is 14. The number of carbonyl (C=O) groups is 3. The SMILES string of the molecule is CC(=O)N[C@H]1[C@H](OC[C@H]2O[C@@H](OC([C@H](O)CO)[C@H](O)[C@@H](O)C=O)[C@H](C)[C@@H](O[C@@H]3O[C@H](CO)[C@@H](O)C(O[C@@H]4O[C@H](CO)[C@H](O)[C@H](O)[C@H]4O[C@H]4O[C@@H](C)[C@@H](O)[C@@H](O)[C@@H]4O)[C@H]3NC(C)=O)[C@H]2O)O[C@H](CO)[C@@H](O[C@H]2O[C@H](CO)[C@H](O)[C@H](O)[C@H]2O)[C@@H]1O[C@@H]1O[C@@H](O)[C@@H](O)[C@@H](O)[C@@H]1O. The van der Waals surface area contributed by atoms with E-state index in [0.717, 1.165) is 13.8 Å². The molecule has 39 atom stereocenters. The second-order valence-corrected chi connectivity index (χ2v) is 23.5. The van der Waals surface area contributed by atoms with Crippen molar-refractivity contribution in [1.29, 1.82) is 0 Å². The number of nitrogens with one attached hydrogen (secondary N) is 2. The third-order valence-corrected chi connectivity index (χ3v) is 17.0. The average Bonchev–Trinajstić information content (AvgIpc) is 0.822. The van der Waals surface area contributed by atoms with E-state index in [-0.39, 0.29) is 6.29 Å². The van der Waals surface area contributed by atoms with Gasteiger partial charge in [-0.1, -0.05) is 6.92 Å². The molecule has 41 nitrogen and oxygen atoms in total. The summed E-state index contributed by atoms with van der Waals surface area (Å²) in [5, 5.41) is 242. The highest BCUT2D eigenvalue weighted by Gasteiger charge is 2.59. The van der Waals surface area contributed by atoms with Crippen LogP contribution in [-0.4, -0.2) is 403 Å². The third kappa shape index (κ3) is 17.3. The summed E-state index contributed by atoms with van der Waals surface area (Å²) in [7, 11) is 0. The summed E-state index contributed by atoms with van der Waals surface area (Å²) in [5.74, 6) is -3.40. The molecule has 41 heteroatoms. The van der Waals surface area contributed by atoms with Gasteiger partial charge >= 0.3 is 0 Å². The molecule has 0 bridgehead atoms. The molecule has 2 unspecified atom stereocenters. The third-order valence-electron chi connectivity index (χ3n) is 17.0. The zero-order valence-corrected chi connectivity index (χ0v) is 50.1. The number of hydrogen-bond acceptors (Lipinski definition) is 39. The summed E-state index contributed by atoms with van der Waals surface area (Å²) in [6, 6.07) is -3.79. The Morgan fingerprint density at radius 2 is 0.860 bits per heavy atom. The van der Waals surface area contributed by atoms with E-state index < -0.39 is 291 Å². The molecule has 540 valence electrons. The molecule has 0 spiro atoms. The van der Waals surface area contributed by atoms with Gasteiger partial charge in [0.25, 0.3) is 0 Å². The van der Waals surface area contributed by atoms with Crippen molar-refractivity contribution in [2.75, 3.05) is 39.6 Å². The van der Waals surface area contributed by atoms with Crippen molar-refractivity contribution in [2.24, 2.45) is 5.92 Å². The van der Waals surface area contributed by atoms with E-state index in [0.29, 0.717) is 0 Å². The van der Waals surface area contributed by atoms with Gasteiger partial charge in [-0.05, 0) is 6.92 Å². The molecule has 0 radical (unpaired) electrons. The molecule has 0 aromatic heterocycles. The lowest BCUT2D eigenvalue weighted by Crippen LogP contribution is -2.70. The Bertz CT molecular complexity index is 2330. The number of amides is 2. The molecule has 7 aliphatic heterocycles. The van der Waals surface area contributed by atoms with E-state index in [9.17, 15) is 127 Å². The molecule has 7 heterocycles. The Balaban J connectivity index is 1.25. The van der Waals surface area contributed by atoms with Crippen molar-refractivity contribution in [3.8, 4) is 0 Å². The summed E-state index contributed by atoms with van der Waals surface area (Å²) < 4.78 is 83.0. The summed E-state index contributed by atoms with van der Waals surface area (Å²) in [6.45, 7) is -2.08. The topological polar surface area (TPSA) is 650 Å². The zero-order chi connectivity index (χ0) is 68.9. The van der Waals surface area contributed by atoms with Gasteiger partial charge in [-0.15, -0.1) is 0 Å². The Hall–Kier alpha value is -2.83. The summed E-state index contributed by atoms with van der Waals surface area (Å²) in [5.41, 5.74) is 0. The van der Waals surface area contributed by atoms with Gasteiger partial charge in [0.05, 0.1) is 51.8 Å².